The van der Waals surface area contributed by atoms with Crippen molar-refractivity contribution in [2.24, 2.45) is 0 Å². The van der Waals surface area contributed by atoms with Crippen molar-refractivity contribution >= 4 is 23.1 Å². The van der Waals surface area contributed by atoms with Gasteiger partial charge in [-0.1, -0.05) is 0 Å². The van der Waals surface area contributed by atoms with Gasteiger partial charge >= 0.3 is 0 Å². The van der Waals surface area contributed by atoms with E-state index in [0.29, 0.717) is 26.1 Å². The largest absolute Gasteiger partial charge is 0.350 e. The Hall–Kier alpha value is -0.980. The molecule has 1 aliphatic heterocycles. The van der Waals surface area contributed by atoms with Crippen molar-refractivity contribution in [2.45, 2.75) is 19.1 Å². The molecule has 0 spiro atoms. The van der Waals surface area contributed by atoms with Crippen LogP contribution in [-0.4, -0.2) is 29.8 Å². The van der Waals surface area contributed by atoms with Crippen LogP contribution in [0.15, 0.2) is 11.6 Å². The summed E-state index contributed by atoms with van der Waals surface area (Å²) in [5.74, 6) is -0.0331. The molecule has 1 aromatic heterocycles. The van der Waals surface area contributed by atoms with Gasteiger partial charge in [-0.15, -0.1) is 0 Å². The first kappa shape index (κ1) is 10.5. The number of hydrogen-bond donors (Lipinski definition) is 1. The highest BCUT2D eigenvalue weighted by molar-refractivity contribution is 7.04. The third-order valence-corrected chi connectivity index (χ3v) is 2.60. The summed E-state index contributed by atoms with van der Waals surface area (Å²) in [6.07, 6.45) is 2.42. The summed E-state index contributed by atoms with van der Waals surface area (Å²) in [7, 11) is 0. The third-order valence-electron chi connectivity index (χ3n) is 2.01. The summed E-state index contributed by atoms with van der Waals surface area (Å²) in [6, 6.07) is 0. The van der Waals surface area contributed by atoms with Crippen LogP contribution in [0.25, 0.3) is 0 Å². The fourth-order valence-corrected chi connectivity index (χ4v) is 1.78. The topological polar surface area (TPSA) is 60.5 Å². The average Bonchev–Trinajstić information content (AvgIpc) is 2.86. The van der Waals surface area contributed by atoms with Crippen LogP contribution < -0.4 is 5.32 Å². The zero-order valence-corrected chi connectivity index (χ0v) is 8.96. The summed E-state index contributed by atoms with van der Waals surface area (Å²) in [6.45, 7) is 1.25. The summed E-state index contributed by atoms with van der Waals surface area (Å²) in [5.41, 5.74) is 0.748. The van der Waals surface area contributed by atoms with Crippen LogP contribution >= 0.6 is 11.5 Å². The fraction of sp³-hybridized carbons (Fsp3) is 0.556. The Morgan fingerprint density at radius 1 is 1.60 bits per heavy atom. The molecular formula is C9H12N2O3S. The molecule has 0 aliphatic carbocycles. The molecule has 1 N–H and O–H groups in total. The van der Waals surface area contributed by atoms with Crippen LogP contribution in [0.5, 0.6) is 0 Å². The van der Waals surface area contributed by atoms with Crippen molar-refractivity contribution in [3.63, 3.8) is 0 Å². The number of carbonyl (C=O) groups is 1. The number of aromatic nitrogens is 1. The van der Waals surface area contributed by atoms with E-state index in [-0.39, 0.29) is 12.2 Å². The first-order valence-corrected chi connectivity index (χ1v) is 5.61. The molecule has 6 heteroatoms. The summed E-state index contributed by atoms with van der Waals surface area (Å²) in [5, 5.41) is 4.54. The normalized spacial score (nSPS) is 16.8. The van der Waals surface area contributed by atoms with Crippen LogP contribution in [0.3, 0.4) is 0 Å². The van der Waals surface area contributed by atoms with Crippen molar-refractivity contribution in [2.75, 3.05) is 18.5 Å². The highest BCUT2D eigenvalue weighted by Crippen LogP contribution is 2.12. The predicted octanol–water partition coefficient (Wildman–Crippen LogP) is 1.23. The molecule has 0 unspecified atom stereocenters. The Kier molecular flexibility index (Phi) is 3.65. The molecule has 0 radical (unpaired) electrons. The molecule has 0 saturated carbocycles. The fourth-order valence-electron chi connectivity index (χ4n) is 1.31. The molecule has 0 bridgehead atoms. The lowest BCUT2D eigenvalue weighted by Crippen LogP contribution is -2.15. The second-order valence-corrected chi connectivity index (χ2v) is 3.83. The van der Waals surface area contributed by atoms with E-state index in [1.165, 1.54) is 11.5 Å². The Labute approximate surface area is 91.6 Å². The molecule has 1 aromatic rings. The number of anilines is 1. The lowest BCUT2D eigenvalue weighted by atomic mass is 10.3. The first-order valence-electron chi connectivity index (χ1n) is 4.77. The maximum atomic E-state index is 11.4. The molecule has 1 fully saturated rings. The molecule has 2 rings (SSSR count). The van der Waals surface area contributed by atoms with Crippen molar-refractivity contribution in [3.8, 4) is 0 Å². The standard InChI is InChI=1S/C9H12N2O3S/c12-8(11-7-5-10-15-6-7)1-2-9-13-3-4-14-9/h5-6,9H,1-4H2,(H,11,12). The lowest BCUT2D eigenvalue weighted by Gasteiger charge is -2.07. The molecule has 5 nitrogen and oxygen atoms in total. The zero-order chi connectivity index (χ0) is 10.5. The molecule has 1 aliphatic rings. The number of amides is 1. The molecule has 0 aromatic carbocycles. The SMILES string of the molecule is O=C(CCC1OCCO1)Nc1cnsc1. The van der Waals surface area contributed by atoms with Crippen molar-refractivity contribution in [1.29, 1.82) is 0 Å². The van der Waals surface area contributed by atoms with Gasteiger partial charge in [0.15, 0.2) is 6.29 Å². The van der Waals surface area contributed by atoms with E-state index < -0.39 is 0 Å². The molecule has 2 heterocycles. The van der Waals surface area contributed by atoms with Gasteiger partial charge in [-0.05, 0) is 11.5 Å². The number of ether oxygens (including phenoxy) is 2. The highest BCUT2D eigenvalue weighted by atomic mass is 32.1. The molecule has 1 saturated heterocycles. The van der Waals surface area contributed by atoms with Crippen LogP contribution in [-0.2, 0) is 14.3 Å². The Bertz CT molecular complexity index is 309. The molecule has 15 heavy (non-hydrogen) atoms. The summed E-state index contributed by atoms with van der Waals surface area (Å²) in [4.78, 5) is 11.4. The van der Waals surface area contributed by atoms with Gasteiger partial charge in [-0.2, -0.15) is 4.37 Å². The van der Waals surface area contributed by atoms with Gasteiger partial charge in [0.2, 0.25) is 5.91 Å². The third kappa shape index (κ3) is 3.26. The van der Waals surface area contributed by atoms with Crippen LogP contribution in [0.1, 0.15) is 12.8 Å². The molecule has 82 valence electrons. The van der Waals surface area contributed by atoms with Gasteiger partial charge in [-0.3, -0.25) is 4.79 Å². The first-order chi connectivity index (χ1) is 7.34. The van der Waals surface area contributed by atoms with Crippen molar-refractivity contribution in [3.05, 3.63) is 11.6 Å². The Balaban J connectivity index is 1.68. The van der Waals surface area contributed by atoms with Crippen LogP contribution in [0, 0.1) is 0 Å². The molecule has 1 amide bonds. The van der Waals surface area contributed by atoms with E-state index in [1.807, 2.05) is 0 Å². The quantitative estimate of drug-likeness (QED) is 0.842. The minimum atomic E-state index is -0.212. The van der Waals surface area contributed by atoms with Gasteiger partial charge in [-0.25, -0.2) is 0 Å². The minimum absolute atomic E-state index is 0.0331. The van der Waals surface area contributed by atoms with Crippen LogP contribution in [0.2, 0.25) is 0 Å². The predicted molar refractivity (Wildman–Crippen MR) is 55.7 cm³/mol. The van der Waals surface area contributed by atoms with E-state index in [4.69, 9.17) is 9.47 Å². The highest BCUT2D eigenvalue weighted by Gasteiger charge is 2.17. The molecular weight excluding hydrogens is 216 g/mol. The van der Waals surface area contributed by atoms with E-state index in [1.54, 1.807) is 11.6 Å². The van der Waals surface area contributed by atoms with Gasteiger partial charge in [0.05, 0.1) is 25.1 Å². The number of nitrogens with zero attached hydrogens (tertiary/aromatic N) is 1. The summed E-state index contributed by atoms with van der Waals surface area (Å²) < 4.78 is 14.3. The number of nitrogens with one attached hydrogen (secondary N) is 1. The van der Waals surface area contributed by atoms with Gasteiger partial charge < -0.3 is 14.8 Å². The average molecular weight is 228 g/mol. The van der Waals surface area contributed by atoms with Crippen molar-refractivity contribution < 1.29 is 14.3 Å². The van der Waals surface area contributed by atoms with E-state index >= 15 is 0 Å². The minimum Gasteiger partial charge on any atom is -0.350 e. The second kappa shape index (κ2) is 5.20. The number of hydrogen-bond acceptors (Lipinski definition) is 5. The maximum absolute atomic E-state index is 11.4. The Morgan fingerprint density at radius 2 is 2.40 bits per heavy atom. The van der Waals surface area contributed by atoms with Crippen molar-refractivity contribution in [1.82, 2.24) is 4.37 Å². The van der Waals surface area contributed by atoms with E-state index in [0.717, 1.165) is 5.69 Å². The zero-order valence-electron chi connectivity index (χ0n) is 8.14. The van der Waals surface area contributed by atoms with Gasteiger partial charge in [0.1, 0.15) is 0 Å². The smallest absolute Gasteiger partial charge is 0.224 e. The van der Waals surface area contributed by atoms with Gasteiger partial charge in [0.25, 0.3) is 0 Å². The Morgan fingerprint density at radius 3 is 3.07 bits per heavy atom. The van der Waals surface area contributed by atoms with Crippen LogP contribution in [0.4, 0.5) is 5.69 Å². The van der Waals surface area contributed by atoms with E-state index in [2.05, 4.69) is 9.69 Å². The number of rotatable bonds is 4. The monoisotopic (exact) mass is 228 g/mol. The maximum Gasteiger partial charge on any atom is 0.224 e. The van der Waals surface area contributed by atoms with E-state index in [9.17, 15) is 4.79 Å². The number of carbonyl (C=O) groups excluding carboxylic acids is 1. The lowest BCUT2D eigenvalue weighted by molar-refractivity contribution is -0.118. The summed E-state index contributed by atoms with van der Waals surface area (Å²) >= 11 is 1.31. The molecule has 0 atom stereocenters. The second-order valence-electron chi connectivity index (χ2n) is 3.17. The van der Waals surface area contributed by atoms with Gasteiger partial charge in [0, 0.05) is 18.2 Å².